The predicted molar refractivity (Wildman–Crippen MR) is 78.9 cm³/mol. The first-order chi connectivity index (χ1) is 9.19. The van der Waals surface area contributed by atoms with E-state index in [1.54, 1.807) is 23.5 Å². The van der Waals surface area contributed by atoms with Crippen molar-refractivity contribution in [3.63, 3.8) is 0 Å². The molecule has 0 fully saturated rings. The van der Waals surface area contributed by atoms with Gasteiger partial charge in [-0.1, -0.05) is 17.7 Å². The van der Waals surface area contributed by atoms with Crippen molar-refractivity contribution in [2.45, 2.75) is 13.5 Å². The van der Waals surface area contributed by atoms with Gasteiger partial charge >= 0.3 is 0 Å². The number of amides is 1. The molecule has 2 aromatic rings. The molecular formula is C13H14ClN3OS. The normalized spacial score (nSPS) is 10.2. The Labute approximate surface area is 120 Å². The van der Waals surface area contributed by atoms with Crippen molar-refractivity contribution in [1.29, 1.82) is 0 Å². The summed E-state index contributed by atoms with van der Waals surface area (Å²) in [6.45, 7) is 3.20. The predicted octanol–water partition coefficient (Wildman–Crippen LogP) is 3.16. The van der Waals surface area contributed by atoms with Gasteiger partial charge in [0.1, 0.15) is 11.0 Å². The summed E-state index contributed by atoms with van der Waals surface area (Å²) in [5, 5.41) is 8.18. The smallest absolute Gasteiger partial charge is 0.251 e. The molecule has 1 amide bonds. The van der Waals surface area contributed by atoms with Crippen LogP contribution in [-0.4, -0.2) is 17.4 Å². The van der Waals surface area contributed by atoms with E-state index in [-0.39, 0.29) is 5.91 Å². The Morgan fingerprint density at radius 2 is 2.32 bits per heavy atom. The van der Waals surface area contributed by atoms with Crippen molar-refractivity contribution in [3.05, 3.63) is 45.2 Å². The summed E-state index contributed by atoms with van der Waals surface area (Å²) < 4.78 is 0. The van der Waals surface area contributed by atoms with E-state index in [0.717, 1.165) is 11.4 Å². The number of nitrogens with one attached hydrogen (secondary N) is 2. The molecule has 0 aliphatic carbocycles. The Morgan fingerprint density at radius 3 is 3.00 bits per heavy atom. The standard InChI is InChI=1S/C13H14ClN3OS/c1-2-15-12-7-9(6-11(14)17-12)13(18)16-8-10-4-3-5-19-10/h3-7H,2,8H2,1H3,(H,15,17)(H,16,18). The monoisotopic (exact) mass is 295 g/mol. The molecule has 0 aromatic carbocycles. The lowest BCUT2D eigenvalue weighted by Crippen LogP contribution is -2.22. The fourth-order valence-electron chi connectivity index (χ4n) is 1.58. The Hall–Kier alpha value is -1.59. The highest BCUT2D eigenvalue weighted by molar-refractivity contribution is 7.09. The van der Waals surface area contributed by atoms with E-state index in [4.69, 9.17) is 11.6 Å². The number of hydrogen-bond donors (Lipinski definition) is 2. The minimum atomic E-state index is -0.156. The highest BCUT2D eigenvalue weighted by atomic mass is 35.5. The number of halogens is 1. The molecule has 0 saturated heterocycles. The molecule has 0 spiro atoms. The third kappa shape index (κ3) is 3.94. The number of carbonyl (C=O) groups is 1. The first-order valence-electron chi connectivity index (χ1n) is 5.91. The number of aromatic nitrogens is 1. The summed E-state index contributed by atoms with van der Waals surface area (Å²) in [5.41, 5.74) is 0.507. The van der Waals surface area contributed by atoms with Crippen LogP contribution in [0.1, 0.15) is 22.2 Å². The quantitative estimate of drug-likeness (QED) is 0.833. The Morgan fingerprint density at radius 1 is 1.47 bits per heavy atom. The van der Waals surface area contributed by atoms with Gasteiger partial charge in [0.2, 0.25) is 0 Å². The van der Waals surface area contributed by atoms with Crippen molar-refractivity contribution >= 4 is 34.7 Å². The van der Waals surface area contributed by atoms with Crippen LogP contribution in [-0.2, 0) is 6.54 Å². The van der Waals surface area contributed by atoms with Crippen LogP contribution in [0.4, 0.5) is 5.82 Å². The van der Waals surface area contributed by atoms with Crippen LogP contribution in [0.15, 0.2) is 29.6 Å². The van der Waals surface area contributed by atoms with Crippen LogP contribution in [0.25, 0.3) is 0 Å². The second-order valence-electron chi connectivity index (χ2n) is 3.86. The molecular weight excluding hydrogens is 282 g/mol. The number of anilines is 1. The summed E-state index contributed by atoms with van der Waals surface area (Å²) in [4.78, 5) is 17.2. The third-order valence-corrected chi connectivity index (χ3v) is 3.49. The number of carbonyl (C=O) groups excluding carboxylic acids is 1. The zero-order valence-electron chi connectivity index (χ0n) is 10.4. The number of thiophene rings is 1. The van der Waals surface area contributed by atoms with Crippen LogP contribution < -0.4 is 10.6 Å². The lowest BCUT2D eigenvalue weighted by atomic mass is 10.2. The molecule has 0 atom stereocenters. The van der Waals surface area contributed by atoms with Crippen molar-refractivity contribution in [3.8, 4) is 0 Å². The van der Waals surface area contributed by atoms with Crippen molar-refractivity contribution < 1.29 is 4.79 Å². The van der Waals surface area contributed by atoms with Gasteiger partial charge in [-0.05, 0) is 30.5 Å². The van der Waals surface area contributed by atoms with Gasteiger partial charge in [0.15, 0.2) is 0 Å². The van der Waals surface area contributed by atoms with Gasteiger partial charge in [0.05, 0.1) is 6.54 Å². The molecule has 6 heteroatoms. The summed E-state index contributed by atoms with van der Waals surface area (Å²) in [6, 6.07) is 7.19. The molecule has 0 bridgehead atoms. The van der Waals surface area contributed by atoms with Crippen LogP contribution in [0.3, 0.4) is 0 Å². The summed E-state index contributed by atoms with van der Waals surface area (Å²) in [7, 11) is 0. The number of pyridine rings is 1. The van der Waals surface area contributed by atoms with E-state index in [9.17, 15) is 4.79 Å². The van der Waals surface area contributed by atoms with E-state index < -0.39 is 0 Å². The van der Waals surface area contributed by atoms with E-state index in [0.29, 0.717) is 23.1 Å². The van der Waals surface area contributed by atoms with Crippen LogP contribution in [0, 0.1) is 0 Å². The minimum absolute atomic E-state index is 0.156. The lowest BCUT2D eigenvalue weighted by Gasteiger charge is -2.07. The fourth-order valence-corrected chi connectivity index (χ4v) is 2.44. The molecule has 0 unspecified atom stereocenters. The second kappa shape index (κ2) is 6.54. The maximum atomic E-state index is 12.0. The molecule has 2 aromatic heterocycles. The molecule has 0 aliphatic rings. The van der Waals surface area contributed by atoms with Gasteiger partial charge in [-0.15, -0.1) is 11.3 Å². The van der Waals surface area contributed by atoms with E-state index in [2.05, 4.69) is 15.6 Å². The molecule has 0 saturated carbocycles. The van der Waals surface area contributed by atoms with Gasteiger partial charge in [-0.3, -0.25) is 4.79 Å². The summed E-state index contributed by atoms with van der Waals surface area (Å²) in [6.07, 6.45) is 0. The number of nitrogens with zero attached hydrogens (tertiary/aromatic N) is 1. The molecule has 2 rings (SSSR count). The number of hydrogen-bond acceptors (Lipinski definition) is 4. The SMILES string of the molecule is CCNc1cc(C(=O)NCc2cccs2)cc(Cl)n1. The van der Waals surface area contributed by atoms with E-state index >= 15 is 0 Å². The largest absolute Gasteiger partial charge is 0.370 e. The molecule has 19 heavy (non-hydrogen) atoms. The molecule has 0 aliphatic heterocycles. The van der Waals surface area contributed by atoms with Crippen LogP contribution in [0.2, 0.25) is 5.15 Å². The van der Waals surface area contributed by atoms with Gasteiger partial charge in [-0.25, -0.2) is 4.98 Å². The fraction of sp³-hybridized carbons (Fsp3) is 0.231. The van der Waals surface area contributed by atoms with Crippen molar-refractivity contribution in [2.24, 2.45) is 0 Å². The lowest BCUT2D eigenvalue weighted by molar-refractivity contribution is 0.0951. The first-order valence-corrected chi connectivity index (χ1v) is 7.17. The van der Waals surface area contributed by atoms with E-state index in [1.165, 1.54) is 0 Å². The highest BCUT2D eigenvalue weighted by Crippen LogP contribution is 2.15. The molecule has 2 N–H and O–H groups in total. The molecule has 0 radical (unpaired) electrons. The zero-order valence-corrected chi connectivity index (χ0v) is 12.0. The van der Waals surface area contributed by atoms with Gasteiger partial charge in [0, 0.05) is 17.0 Å². The average Bonchev–Trinajstić information content (AvgIpc) is 2.88. The van der Waals surface area contributed by atoms with E-state index in [1.807, 2.05) is 24.4 Å². The Balaban J connectivity index is 2.05. The molecule has 2 heterocycles. The zero-order chi connectivity index (χ0) is 13.7. The van der Waals surface area contributed by atoms with Gasteiger partial charge < -0.3 is 10.6 Å². The number of rotatable bonds is 5. The second-order valence-corrected chi connectivity index (χ2v) is 5.28. The van der Waals surface area contributed by atoms with Gasteiger partial charge in [0.25, 0.3) is 5.91 Å². The van der Waals surface area contributed by atoms with Gasteiger partial charge in [-0.2, -0.15) is 0 Å². The molecule has 100 valence electrons. The maximum absolute atomic E-state index is 12.0. The average molecular weight is 296 g/mol. The van der Waals surface area contributed by atoms with Crippen LogP contribution in [0.5, 0.6) is 0 Å². The minimum Gasteiger partial charge on any atom is -0.370 e. The summed E-state index contributed by atoms with van der Waals surface area (Å²) >= 11 is 7.51. The molecule has 4 nitrogen and oxygen atoms in total. The topological polar surface area (TPSA) is 54.0 Å². The first kappa shape index (κ1) is 13.8. The summed E-state index contributed by atoms with van der Waals surface area (Å²) in [5.74, 6) is 0.452. The van der Waals surface area contributed by atoms with Crippen molar-refractivity contribution in [2.75, 3.05) is 11.9 Å². The van der Waals surface area contributed by atoms with Crippen molar-refractivity contribution in [1.82, 2.24) is 10.3 Å². The Bertz CT molecular complexity index is 557. The van der Waals surface area contributed by atoms with Crippen LogP contribution >= 0.6 is 22.9 Å². The Kier molecular flexibility index (Phi) is 4.76. The third-order valence-electron chi connectivity index (χ3n) is 2.42. The maximum Gasteiger partial charge on any atom is 0.251 e. The highest BCUT2D eigenvalue weighted by Gasteiger charge is 2.09.